The summed E-state index contributed by atoms with van der Waals surface area (Å²) in [7, 11) is -3.84. The molecule has 0 spiro atoms. The van der Waals surface area contributed by atoms with Crippen molar-refractivity contribution in [2.24, 2.45) is 0 Å². The van der Waals surface area contributed by atoms with Gasteiger partial charge >= 0.3 is 0 Å². The lowest BCUT2D eigenvalue weighted by molar-refractivity contribution is -0.114. The first-order chi connectivity index (χ1) is 20.0. The molecule has 0 unspecified atom stereocenters. The quantitative estimate of drug-likeness (QED) is 0.313. The molecule has 1 fully saturated rings. The zero-order valence-electron chi connectivity index (χ0n) is 23.0. The van der Waals surface area contributed by atoms with Crippen molar-refractivity contribution in [3.63, 3.8) is 0 Å². The smallest absolute Gasteiger partial charge is 0.277 e. The summed E-state index contributed by atoms with van der Waals surface area (Å²) in [5.74, 6) is -0.305. The number of carbonyl (C=O) groups is 1. The summed E-state index contributed by atoms with van der Waals surface area (Å²) < 4.78 is 29.6. The number of benzene rings is 3. The monoisotopic (exact) mass is 625 g/mol. The third-order valence-electron chi connectivity index (χ3n) is 7.08. The van der Waals surface area contributed by atoms with E-state index in [4.69, 9.17) is 23.2 Å². The number of nitrogens with zero attached hydrogens (tertiary/aromatic N) is 4. The van der Waals surface area contributed by atoms with Gasteiger partial charge in [0.2, 0.25) is 15.9 Å². The summed E-state index contributed by atoms with van der Waals surface area (Å²) in [4.78, 5) is 27.3. The number of sulfonamides is 1. The van der Waals surface area contributed by atoms with Gasteiger partial charge in [0, 0.05) is 50.1 Å². The van der Waals surface area contributed by atoms with Gasteiger partial charge in [0.1, 0.15) is 0 Å². The van der Waals surface area contributed by atoms with Crippen LogP contribution in [-0.4, -0.2) is 54.6 Å². The van der Waals surface area contributed by atoms with Gasteiger partial charge in [-0.25, -0.2) is 8.42 Å². The number of nitrogens with one attached hydrogen (secondary N) is 1. The van der Waals surface area contributed by atoms with Crippen molar-refractivity contribution in [2.45, 2.75) is 25.2 Å². The number of rotatable bonds is 7. The van der Waals surface area contributed by atoms with Crippen LogP contribution < -0.4 is 15.8 Å². The van der Waals surface area contributed by atoms with Gasteiger partial charge in [0.15, 0.2) is 0 Å². The second-order valence-corrected chi connectivity index (χ2v) is 12.9. The van der Waals surface area contributed by atoms with Gasteiger partial charge in [0.25, 0.3) is 5.56 Å². The first kappa shape index (κ1) is 29.8. The van der Waals surface area contributed by atoms with Gasteiger partial charge in [-0.3, -0.25) is 9.59 Å². The van der Waals surface area contributed by atoms with Crippen molar-refractivity contribution in [1.82, 2.24) is 14.1 Å². The number of aryl methyl sites for hydroxylation is 1. The maximum absolute atomic E-state index is 13.8. The molecule has 5 rings (SSSR count). The van der Waals surface area contributed by atoms with Crippen LogP contribution in [0.2, 0.25) is 10.0 Å². The Kier molecular flexibility index (Phi) is 8.70. The van der Waals surface area contributed by atoms with Crippen molar-refractivity contribution in [2.75, 3.05) is 36.4 Å². The summed E-state index contributed by atoms with van der Waals surface area (Å²) in [5, 5.41) is 7.67. The summed E-state index contributed by atoms with van der Waals surface area (Å²) in [6.45, 7) is 4.48. The van der Waals surface area contributed by atoms with Crippen molar-refractivity contribution >= 4 is 50.5 Å². The molecule has 3 aromatic carbocycles. The first-order valence-electron chi connectivity index (χ1n) is 13.3. The van der Waals surface area contributed by atoms with Gasteiger partial charge in [-0.15, -0.1) is 0 Å². The molecule has 1 aliphatic heterocycles. The number of halogens is 2. The minimum atomic E-state index is -3.84. The number of hydrogen-bond acceptors (Lipinski definition) is 6. The minimum absolute atomic E-state index is 0.0425. The van der Waals surface area contributed by atoms with Crippen molar-refractivity contribution < 1.29 is 13.2 Å². The van der Waals surface area contributed by atoms with E-state index in [-0.39, 0.29) is 34.5 Å². The molecule has 1 N–H and O–H groups in total. The van der Waals surface area contributed by atoms with E-state index in [9.17, 15) is 18.0 Å². The molecule has 12 heteroatoms. The number of amides is 1. The number of anilines is 2. The Morgan fingerprint density at radius 2 is 1.69 bits per heavy atom. The Morgan fingerprint density at radius 1 is 0.976 bits per heavy atom. The standard InChI is InChI=1S/C30H29Cl2N5O4S/c1-20-6-8-22(9-7-20)16-26-29(19-33-37(30(26)39)24-5-3-4-23(31)17-24)35-12-14-36(15-13-35)42(40,41)25-10-11-28(27(32)18-25)34-21(2)38/h3-11,17-19H,12-16H2,1-2H3,(H,34,38). The van der Waals surface area contributed by atoms with E-state index in [2.05, 4.69) is 10.4 Å². The van der Waals surface area contributed by atoms with Crippen LogP contribution in [0.1, 0.15) is 23.6 Å². The zero-order valence-corrected chi connectivity index (χ0v) is 25.4. The highest BCUT2D eigenvalue weighted by molar-refractivity contribution is 7.89. The molecular weight excluding hydrogens is 597 g/mol. The molecule has 42 heavy (non-hydrogen) atoms. The molecule has 2 heterocycles. The van der Waals surface area contributed by atoms with Gasteiger partial charge in [-0.1, -0.05) is 59.1 Å². The largest absolute Gasteiger partial charge is 0.367 e. The van der Waals surface area contributed by atoms with E-state index < -0.39 is 10.0 Å². The number of carbonyl (C=O) groups excluding carboxylic acids is 1. The maximum Gasteiger partial charge on any atom is 0.277 e. The van der Waals surface area contributed by atoms with E-state index in [1.165, 1.54) is 34.1 Å². The van der Waals surface area contributed by atoms with Gasteiger partial charge in [-0.2, -0.15) is 14.1 Å². The topological polar surface area (TPSA) is 105 Å². The van der Waals surface area contributed by atoms with Crippen molar-refractivity contribution in [1.29, 1.82) is 0 Å². The van der Waals surface area contributed by atoms with Crippen LogP contribution in [0.3, 0.4) is 0 Å². The number of piperazine rings is 1. The summed E-state index contributed by atoms with van der Waals surface area (Å²) in [6, 6.07) is 19.2. The maximum atomic E-state index is 13.8. The second-order valence-electron chi connectivity index (χ2n) is 10.1. The predicted molar refractivity (Wildman–Crippen MR) is 166 cm³/mol. The van der Waals surface area contributed by atoms with Gasteiger partial charge < -0.3 is 10.2 Å². The second kappa shape index (κ2) is 12.3. The van der Waals surface area contributed by atoms with Gasteiger partial charge in [0.05, 0.1) is 33.2 Å². The van der Waals surface area contributed by atoms with Crippen LogP contribution in [0, 0.1) is 6.92 Å². The molecule has 0 atom stereocenters. The molecule has 0 radical (unpaired) electrons. The highest BCUT2D eigenvalue weighted by Crippen LogP contribution is 2.29. The molecular formula is C30H29Cl2N5O4S. The highest BCUT2D eigenvalue weighted by Gasteiger charge is 2.30. The lowest BCUT2D eigenvalue weighted by Gasteiger charge is -2.36. The highest BCUT2D eigenvalue weighted by atomic mass is 35.5. The lowest BCUT2D eigenvalue weighted by atomic mass is 10.0. The van der Waals surface area contributed by atoms with Crippen LogP contribution in [-0.2, 0) is 21.2 Å². The fourth-order valence-corrected chi connectivity index (χ4v) is 6.81. The predicted octanol–water partition coefficient (Wildman–Crippen LogP) is 4.91. The average molecular weight is 627 g/mol. The lowest BCUT2D eigenvalue weighted by Crippen LogP contribution is -2.49. The molecule has 9 nitrogen and oxygen atoms in total. The van der Waals surface area contributed by atoms with E-state index in [0.717, 1.165) is 11.1 Å². The normalized spacial score (nSPS) is 14.1. The Balaban J connectivity index is 1.42. The third kappa shape index (κ3) is 6.37. The Bertz CT molecular complexity index is 1800. The summed E-state index contributed by atoms with van der Waals surface area (Å²) >= 11 is 12.4. The Morgan fingerprint density at radius 3 is 2.33 bits per heavy atom. The molecule has 1 aliphatic rings. The van der Waals surface area contributed by atoms with Crippen LogP contribution in [0.15, 0.2) is 82.6 Å². The molecule has 0 bridgehead atoms. The fourth-order valence-electron chi connectivity index (χ4n) is 4.89. The molecule has 1 amide bonds. The van der Waals surface area contributed by atoms with E-state index in [1.54, 1.807) is 30.5 Å². The summed E-state index contributed by atoms with van der Waals surface area (Å²) in [5.41, 5.74) is 3.96. The molecule has 0 saturated carbocycles. The average Bonchev–Trinajstić information content (AvgIpc) is 2.96. The van der Waals surface area contributed by atoms with E-state index >= 15 is 0 Å². The zero-order chi connectivity index (χ0) is 30.0. The molecule has 0 aliphatic carbocycles. The van der Waals surface area contributed by atoms with E-state index in [1.807, 2.05) is 36.1 Å². The number of hydrogen-bond donors (Lipinski definition) is 1. The van der Waals surface area contributed by atoms with Gasteiger partial charge in [-0.05, 0) is 48.9 Å². The number of aromatic nitrogens is 2. The molecule has 218 valence electrons. The Hall–Kier alpha value is -3.70. The first-order valence-corrected chi connectivity index (χ1v) is 15.5. The van der Waals surface area contributed by atoms with Crippen LogP contribution in [0.4, 0.5) is 11.4 Å². The molecule has 1 aromatic heterocycles. The van der Waals surface area contributed by atoms with Crippen LogP contribution >= 0.6 is 23.2 Å². The van der Waals surface area contributed by atoms with E-state index in [0.29, 0.717) is 47.2 Å². The van der Waals surface area contributed by atoms with Crippen molar-refractivity contribution in [3.05, 3.63) is 110 Å². The van der Waals surface area contributed by atoms with Crippen LogP contribution in [0.5, 0.6) is 0 Å². The fraction of sp³-hybridized carbons (Fsp3) is 0.233. The third-order valence-corrected chi connectivity index (χ3v) is 9.52. The molecule has 1 saturated heterocycles. The van der Waals surface area contributed by atoms with Crippen LogP contribution in [0.25, 0.3) is 5.69 Å². The Labute approximate surface area is 254 Å². The minimum Gasteiger partial charge on any atom is -0.367 e. The van der Waals surface area contributed by atoms with Crippen molar-refractivity contribution in [3.8, 4) is 5.69 Å². The summed E-state index contributed by atoms with van der Waals surface area (Å²) in [6.07, 6.45) is 2.05. The SMILES string of the molecule is CC(=O)Nc1ccc(S(=O)(=O)N2CCN(c3cnn(-c4cccc(Cl)c4)c(=O)c3Cc3ccc(C)cc3)CC2)cc1Cl. The molecule has 4 aromatic rings.